The highest BCUT2D eigenvalue weighted by molar-refractivity contribution is 9.10. The molecule has 5 nitrogen and oxygen atoms in total. The third-order valence-electron chi connectivity index (χ3n) is 3.54. The van der Waals surface area contributed by atoms with Crippen molar-refractivity contribution in [1.82, 2.24) is 14.8 Å². The lowest BCUT2D eigenvalue weighted by Crippen LogP contribution is -2.26. The first-order valence-corrected chi connectivity index (χ1v) is 9.73. The van der Waals surface area contributed by atoms with Crippen molar-refractivity contribution in [2.75, 3.05) is 5.32 Å². The second-order valence-corrected chi connectivity index (χ2v) is 7.30. The summed E-state index contributed by atoms with van der Waals surface area (Å²) in [4.78, 5) is 12.8. The lowest BCUT2D eigenvalue weighted by atomic mass is 10.2. The van der Waals surface area contributed by atoms with Gasteiger partial charge in [0.1, 0.15) is 0 Å². The molecule has 0 spiro atoms. The van der Waals surface area contributed by atoms with Crippen LogP contribution < -0.4 is 10.9 Å². The number of anilines is 2. The number of benzene rings is 2. The molecule has 0 aliphatic rings. The van der Waals surface area contributed by atoms with Crippen molar-refractivity contribution < 1.29 is 0 Å². The van der Waals surface area contributed by atoms with E-state index >= 15 is 0 Å². The molecule has 1 heterocycles. The van der Waals surface area contributed by atoms with E-state index in [1.807, 2.05) is 54.6 Å². The maximum atomic E-state index is 12.8. The molecule has 0 aliphatic heterocycles. The van der Waals surface area contributed by atoms with Crippen LogP contribution in [0, 0.1) is 0 Å². The van der Waals surface area contributed by atoms with Crippen LogP contribution in [0.4, 0.5) is 11.5 Å². The number of nitrogens with one attached hydrogen (secondary N) is 1. The van der Waals surface area contributed by atoms with E-state index in [-0.39, 0.29) is 11.4 Å². The Hall–Kier alpha value is -2.38. The van der Waals surface area contributed by atoms with Gasteiger partial charge in [-0.3, -0.25) is 9.36 Å². The maximum absolute atomic E-state index is 12.8. The molecule has 0 bridgehead atoms. The molecule has 1 aromatic heterocycles. The number of halogens is 1. The molecule has 26 heavy (non-hydrogen) atoms. The zero-order chi connectivity index (χ0) is 18.4. The second kappa shape index (κ2) is 8.82. The number of allylic oxidation sites excluding steroid dienone is 1. The monoisotopic (exact) mass is 428 g/mol. The zero-order valence-corrected chi connectivity index (χ0v) is 16.3. The van der Waals surface area contributed by atoms with Crippen LogP contribution in [0.15, 0.2) is 81.7 Å². The summed E-state index contributed by atoms with van der Waals surface area (Å²) in [7, 11) is 0. The fourth-order valence-electron chi connectivity index (χ4n) is 2.27. The Morgan fingerprint density at radius 1 is 1.12 bits per heavy atom. The van der Waals surface area contributed by atoms with Gasteiger partial charge in [-0.25, -0.2) is 0 Å². The Balaban J connectivity index is 1.84. The van der Waals surface area contributed by atoms with Gasteiger partial charge in [0.05, 0.1) is 0 Å². The minimum Gasteiger partial charge on any atom is -0.334 e. The molecule has 0 aliphatic carbocycles. The van der Waals surface area contributed by atoms with Gasteiger partial charge in [0.2, 0.25) is 5.82 Å². The minimum atomic E-state index is -0.224. The van der Waals surface area contributed by atoms with Gasteiger partial charge in [0.25, 0.3) is 5.56 Å². The Morgan fingerprint density at radius 3 is 2.54 bits per heavy atom. The standard InChI is InChI=1S/C19H17BrN4OS/c1-2-12-24-18(25)17(21-16-10-8-15(20)9-11-16)22-23-19(24)26-13-14-6-4-3-5-7-14/h2-11H,1,12-13H2,(H,21,22). The van der Waals surface area contributed by atoms with E-state index in [1.165, 1.54) is 11.8 Å². The zero-order valence-electron chi connectivity index (χ0n) is 13.9. The summed E-state index contributed by atoms with van der Waals surface area (Å²) in [6.07, 6.45) is 1.68. The molecule has 132 valence electrons. The Bertz CT molecular complexity index is 942. The van der Waals surface area contributed by atoms with Crippen LogP contribution in [0.25, 0.3) is 0 Å². The summed E-state index contributed by atoms with van der Waals surface area (Å²) in [6.45, 7) is 4.11. The van der Waals surface area contributed by atoms with Gasteiger partial charge < -0.3 is 5.32 Å². The van der Waals surface area contributed by atoms with Crippen LogP contribution in [0.3, 0.4) is 0 Å². The highest BCUT2D eigenvalue weighted by Gasteiger charge is 2.12. The average molecular weight is 429 g/mol. The molecule has 3 rings (SSSR count). The maximum Gasteiger partial charge on any atom is 0.297 e. The van der Waals surface area contributed by atoms with Gasteiger partial charge in [0.15, 0.2) is 5.16 Å². The molecule has 0 fully saturated rings. The summed E-state index contributed by atoms with van der Waals surface area (Å²) < 4.78 is 2.54. The van der Waals surface area contributed by atoms with Crippen molar-refractivity contribution in [2.24, 2.45) is 0 Å². The third kappa shape index (κ3) is 4.62. The fourth-order valence-corrected chi connectivity index (χ4v) is 3.44. The molecule has 0 saturated heterocycles. The van der Waals surface area contributed by atoms with E-state index < -0.39 is 0 Å². The first-order valence-electron chi connectivity index (χ1n) is 7.95. The van der Waals surface area contributed by atoms with E-state index in [0.29, 0.717) is 17.5 Å². The number of hydrogen-bond donors (Lipinski definition) is 1. The molecular formula is C19H17BrN4OS. The number of rotatable bonds is 7. The summed E-state index contributed by atoms with van der Waals surface area (Å²) in [5.41, 5.74) is 1.71. The second-order valence-electron chi connectivity index (χ2n) is 5.44. The third-order valence-corrected chi connectivity index (χ3v) is 5.11. The topological polar surface area (TPSA) is 59.8 Å². The van der Waals surface area contributed by atoms with Crippen LogP contribution >= 0.6 is 27.7 Å². The largest absolute Gasteiger partial charge is 0.334 e. The molecule has 2 aromatic carbocycles. The summed E-state index contributed by atoms with van der Waals surface area (Å²) in [6, 6.07) is 17.5. The van der Waals surface area contributed by atoms with Crippen molar-refractivity contribution in [3.63, 3.8) is 0 Å². The smallest absolute Gasteiger partial charge is 0.297 e. The first-order chi connectivity index (χ1) is 12.7. The van der Waals surface area contributed by atoms with Gasteiger partial charge in [-0.05, 0) is 29.8 Å². The molecular weight excluding hydrogens is 412 g/mol. The van der Waals surface area contributed by atoms with Gasteiger partial charge in [-0.15, -0.1) is 16.8 Å². The minimum absolute atomic E-state index is 0.193. The summed E-state index contributed by atoms with van der Waals surface area (Å²) in [5.74, 6) is 0.907. The number of hydrogen-bond acceptors (Lipinski definition) is 5. The highest BCUT2D eigenvalue weighted by atomic mass is 79.9. The van der Waals surface area contributed by atoms with Crippen LogP contribution in [0.5, 0.6) is 0 Å². The number of nitrogens with zero attached hydrogens (tertiary/aromatic N) is 3. The van der Waals surface area contributed by atoms with Crippen LogP contribution in [-0.2, 0) is 12.3 Å². The first kappa shape index (κ1) is 18.4. The normalized spacial score (nSPS) is 10.5. The van der Waals surface area contributed by atoms with Gasteiger partial charge in [-0.1, -0.05) is 64.1 Å². The molecule has 7 heteroatoms. The Kier molecular flexibility index (Phi) is 6.25. The predicted octanol–water partition coefficient (Wildman–Crippen LogP) is 4.62. The Morgan fingerprint density at radius 2 is 1.85 bits per heavy atom. The van der Waals surface area contributed by atoms with Crippen molar-refractivity contribution in [2.45, 2.75) is 17.5 Å². The lowest BCUT2D eigenvalue weighted by molar-refractivity contribution is 0.626. The molecule has 0 unspecified atom stereocenters. The molecule has 0 amide bonds. The average Bonchev–Trinajstić information content (AvgIpc) is 2.67. The van der Waals surface area contributed by atoms with Crippen molar-refractivity contribution in [3.8, 4) is 0 Å². The van der Waals surface area contributed by atoms with E-state index in [9.17, 15) is 4.79 Å². The van der Waals surface area contributed by atoms with Gasteiger partial charge in [-0.2, -0.15) is 0 Å². The fraction of sp³-hybridized carbons (Fsp3) is 0.105. The van der Waals surface area contributed by atoms with E-state index in [1.54, 1.807) is 10.6 Å². The van der Waals surface area contributed by atoms with Crippen molar-refractivity contribution in [3.05, 3.63) is 87.6 Å². The quantitative estimate of drug-likeness (QED) is 0.439. The van der Waals surface area contributed by atoms with Crippen molar-refractivity contribution >= 4 is 39.2 Å². The number of aromatic nitrogens is 3. The van der Waals surface area contributed by atoms with Gasteiger partial charge in [0, 0.05) is 22.5 Å². The van der Waals surface area contributed by atoms with Crippen molar-refractivity contribution in [1.29, 1.82) is 0 Å². The van der Waals surface area contributed by atoms with E-state index in [2.05, 4.69) is 38.0 Å². The molecule has 1 N–H and O–H groups in total. The number of thioether (sulfide) groups is 1. The Labute approximate surface area is 164 Å². The van der Waals surface area contributed by atoms with Gasteiger partial charge >= 0.3 is 0 Å². The van der Waals surface area contributed by atoms with E-state index in [4.69, 9.17) is 0 Å². The highest BCUT2D eigenvalue weighted by Crippen LogP contribution is 2.21. The molecule has 0 radical (unpaired) electrons. The van der Waals surface area contributed by atoms with Crippen LogP contribution in [0.1, 0.15) is 5.56 Å². The van der Waals surface area contributed by atoms with Crippen LogP contribution in [0.2, 0.25) is 0 Å². The summed E-state index contributed by atoms with van der Waals surface area (Å²) in [5, 5.41) is 11.9. The van der Waals surface area contributed by atoms with E-state index in [0.717, 1.165) is 15.7 Å². The lowest BCUT2D eigenvalue weighted by Gasteiger charge is -2.11. The molecule has 3 aromatic rings. The predicted molar refractivity (Wildman–Crippen MR) is 110 cm³/mol. The molecule has 0 atom stereocenters. The van der Waals surface area contributed by atoms with Crippen LogP contribution in [-0.4, -0.2) is 14.8 Å². The SMILES string of the molecule is C=CCn1c(SCc2ccccc2)nnc(Nc2ccc(Br)cc2)c1=O. The summed E-state index contributed by atoms with van der Waals surface area (Å²) >= 11 is 4.87. The molecule has 0 saturated carbocycles.